The van der Waals surface area contributed by atoms with E-state index in [0.29, 0.717) is 0 Å². The maximum absolute atomic E-state index is 6.38. The van der Waals surface area contributed by atoms with Gasteiger partial charge in [0.1, 0.15) is 0 Å². The SMILES string of the molecule is CCNC(Cc1ccc(C)cc1Cl)C(C)(CC)OCC. The lowest BCUT2D eigenvalue weighted by molar-refractivity contribution is -0.0546. The Morgan fingerprint density at radius 2 is 2.00 bits per heavy atom. The van der Waals surface area contributed by atoms with E-state index in [1.54, 1.807) is 0 Å². The predicted octanol–water partition coefficient (Wildman–Crippen LogP) is 4.37. The minimum absolute atomic E-state index is 0.168. The number of ether oxygens (including phenoxy) is 1. The first-order valence-electron chi connectivity index (χ1n) is 7.59. The van der Waals surface area contributed by atoms with Crippen LogP contribution in [0.3, 0.4) is 0 Å². The summed E-state index contributed by atoms with van der Waals surface area (Å²) in [6.45, 7) is 12.3. The lowest BCUT2D eigenvalue weighted by Gasteiger charge is -2.37. The van der Waals surface area contributed by atoms with Crippen molar-refractivity contribution in [3.8, 4) is 0 Å². The van der Waals surface area contributed by atoms with Crippen LogP contribution in [0.4, 0.5) is 0 Å². The third kappa shape index (κ3) is 4.47. The molecule has 2 atom stereocenters. The van der Waals surface area contributed by atoms with Gasteiger partial charge in [0.25, 0.3) is 0 Å². The Kier molecular flexibility index (Phi) is 7.01. The molecular formula is C17H28ClNO. The summed E-state index contributed by atoms with van der Waals surface area (Å²) in [6, 6.07) is 6.54. The zero-order chi connectivity index (χ0) is 15.2. The van der Waals surface area contributed by atoms with Crippen LogP contribution in [0.2, 0.25) is 5.02 Å². The lowest BCUT2D eigenvalue weighted by Crippen LogP contribution is -2.51. The van der Waals surface area contributed by atoms with Crippen molar-refractivity contribution in [2.24, 2.45) is 0 Å². The molecule has 2 unspecified atom stereocenters. The summed E-state index contributed by atoms with van der Waals surface area (Å²) in [5.41, 5.74) is 2.21. The smallest absolute Gasteiger partial charge is 0.0807 e. The quantitative estimate of drug-likeness (QED) is 0.769. The van der Waals surface area contributed by atoms with Gasteiger partial charge in [-0.05, 0) is 57.4 Å². The number of likely N-dealkylation sites (N-methyl/N-ethyl adjacent to an activating group) is 1. The normalized spacial score (nSPS) is 15.9. The van der Waals surface area contributed by atoms with Crippen LogP contribution in [0, 0.1) is 6.92 Å². The predicted molar refractivity (Wildman–Crippen MR) is 87.7 cm³/mol. The monoisotopic (exact) mass is 297 g/mol. The van der Waals surface area contributed by atoms with E-state index in [4.69, 9.17) is 16.3 Å². The minimum atomic E-state index is -0.168. The van der Waals surface area contributed by atoms with Crippen molar-refractivity contribution in [3.05, 3.63) is 34.3 Å². The van der Waals surface area contributed by atoms with Gasteiger partial charge in [0.05, 0.1) is 5.60 Å². The number of nitrogens with one attached hydrogen (secondary N) is 1. The van der Waals surface area contributed by atoms with Gasteiger partial charge in [0.2, 0.25) is 0 Å². The van der Waals surface area contributed by atoms with E-state index in [1.165, 1.54) is 11.1 Å². The Hall–Kier alpha value is -0.570. The Morgan fingerprint density at radius 1 is 1.30 bits per heavy atom. The summed E-state index contributed by atoms with van der Waals surface area (Å²) in [5.74, 6) is 0. The summed E-state index contributed by atoms with van der Waals surface area (Å²) < 4.78 is 6.02. The van der Waals surface area contributed by atoms with Gasteiger partial charge in [-0.2, -0.15) is 0 Å². The van der Waals surface area contributed by atoms with E-state index in [9.17, 15) is 0 Å². The Morgan fingerprint density at radius 3 is 2.50 bits per heavy atom. The average molecular weight is 298 g/mol. The molecule has 1 aromatic rings. The van der Waals surface area contributed by atoms with Crippen LogP contribution in [-0.2, 0) is 11.2 Å². The number of rotatable bonds is 8. The second kappa shape index (κ2) is 8.02. The molecule has 0 aromatic heterocycles. The molecule has 1 N–H and O–H groups in total. The third-order valence-corrected chi connectivity index (χ3v) is 4.35. The topological polar surface area (TPSA) is 21.3 Å². The van der Waals surface area contributed by atoms with Crippen molar-refractivity contribution < 1.29 is 4.74 Å². The van der Waals surface area contributed by atoms with Gasteiger partial charge in [-0.25, -0.2) is 0 Å². The highest BCUT2D eigenvalue weighted by Gasteiger charge is 2.33. The first-order chi connectivity index (χ1) is 9.46. The summed E-state index contributed by atoms with van der Waals surface area (Å²) >= 11 is 6.38. The number of aryl methyl sites for hydroxylation is 1. The number of benzene rings is 1. The molecule has 0 aliphatic rings. The average Bonchev–Trinajstić information content (AvgIpc) is 2.41. The van der Waals surface area contributed by atoms with E-state index in [1.807, 2.05) is 6.07 Å². The van der Waals surface area contributed by atoms with Crippen LogP contribution in [0.15, 0.2) is 18.2 Å². The summed E-state index contributed by atoms with van der Waals surface area (Å²) in [6.07, 6.45) is 1.86. The van der Waals surface area contributed by atoms with Gasteiger partial charge in [0, 0.05) is 17.7 Å². The molecule has 114 valence electrons. The first kappa shape index (κ1) is 17.5. The molecule has 0 amide bonds. The van der Waals surface area contributed by atoms with Crippen LogP contribution < -0.4 is 5.32 Å². The fraction of sp³-hybridized carbons (Fsp3) is 0.647. The summed E-state index contributed by atoms with van der Waals surface area (Å²) in [5, 5.41) is 4.42. The number of halogens is 1. The molecule has 2 nitrogen and oxygen atoms in total. The molecule has 0 radical (unpaired) electrons. The standard InChI is InChI=1S/C17H28ClNO/c1-6-17(5,20-8-3)16(19-7-2)12-14-10-9-13(4)11-15(14)18/h9-11,16,19H,6-8,12H2,1-5H3. The Balaban J connectivity index is 2.96. The fourth-order valence-corrected chi connectivity index (χ4v) is 2.88. The van der Waals surface area contributed by atoms with Gasteiger partial charge in [-0.1, -0.05) is 37.6 Å². The van der Waals surface area contributed by atoms with Crippen molar-refractivity contribution in [3.63, 3.8) is 0 Å². The maximum Gasteiger partial charge on any atom is 0.0807 e. The number of hydrogen-bond acceptors (Lipinski definition) is 2. The molecule has 0 heterocycles. The second-order valence-electron chi connectivity index (χ2n) is 5.51. The maximum atomic E-state index is 6.38. The van der Waals surface area contributed by atoms with E-state index in [-0.39, 0.29) is 11.6 Å². The van der Waals surface area contributed by atoms with Crippen molar-refractivity contribution in [1.82, 2.24) is 5.32 Å². The second-order valence-corrected chi connectivity index (χ2v) is 5.92. The largest absolute Gasteiger partial charge is 0.374 e. The summed E-state index contributed by atoms with van der Waals surface area (Å²) in [7, 11) is 0. The van der Waals surface area contributed by atoms with Gasteiger partial charge in [-0.3, -0.25) is 0 Å². The molecule has 3 heteroatoms. The highest BCUT2D eigenvalue weighted by Crippen LogP contribution is 2.26. The zero-order valence-corrected chi connectivity index (χ0v) is 14.2. The van der Waals surface area contributed by atoms with Crippen molar-refractivity contribution >= 4 is 11.6 Å². The Bertz CT molecular complexity index is 421. The van der Waals surface area contributed by atoms with Gasteiger partial charge in [-0.15, -0.1) is 0 Å². The molecule has 0 spiro atoms. The fourth-order valence-electron chi connectivity index (χ4n) is 2.57. The molecule has 1 aromatic carbocycles. The summed E-state index contributed by atoms with van der Waals surface area (Å²) in [4.78, 5) is 0. The van der Waals surface area contributed by atoms with Gasteiger partial charge >= 0.3 is 0 Å². The van der Waals surface area contributed by atoms with Crippen molar-refractivity contribution in [2.75, 3.05) is 13.2 Å². The van der Waals surface area contributed by atoms with Crippen molar-refractivity contribution in [2.45, 2.75) is 59.1 Å². The van der Waals surface area contributed by atoms with Gasteiger partial charge in [0.15, 0.2) is 0 Å². The van der Waals surface area contributed by atoms with E-state index in [2.05, 4.69) is 52.1 Å². The van der Waals surface area contributed by atoms with E-state index >= 15 is 0 Å². The molecule has 0 aliphatic heterocycles. The van der Waals surface area contributed by atoms with Crippen LogP contribution in [-0.4, -0.2) is 24.8 Å². The molecule has 1 rings (SSSR count). The first-order valence-corrected chi connectivity index (χ1v) is 7.97. The van der Waals surface area contributed by atoms with Crippen LogP contribution in [0.5, 0.6) is 0 Å². The molecule has 0 saturated heterocycles. The highest BCUT2D eigenvalue weighted by atomic mass is 35.5. The van der Waals surface area contributed by atoms with Crippen LogP contribution in [0.25, 0.3) is 0 Å². The Labute approximate surface area is 128 Å². The van der Waals surface area contributed by atoms with E-state index < -0.39 is 0 Å². The third-order valence-electron chi connectivity index (χ3n) is 4.00. The van der Waals surface area contributed by atoms with Crippen LogP contribution >= 0.6 is 11.6 Å². The zero-order valence-electron chi connectivity index (χ0n) is 13.4. The molecule has 0 bridgehead atoms. The number of hydrogen-bond donors (Lipinski definition) is 1. The van der Waals surface area contributed by atoms with Crippen molar-refractivity contribution in [1.29, 1.82) is 0 Å². The van der Waals surface area contributed by atoms with E-state index in [0.717, 1.165) is 31.0 Å². The molecule has 0 saturated carbocycles. The minimum Gasteiger partial charge on any atom is -0.374 e. The molecular weight excluding hydrogens is 270 g/mol. The van der Waals surface area contributed by atoms with Crippen LogP contribution in [0.1, 0.15) is 45.2 Å². The lowest BCUT2D eigenvalue weighted by atomic mass is 9.88. The molecule has 0 fully saturated rings. The molecule has 20 heavy (non-hydrogen) atoms. The molecule has 0 aliphatic carbocycles. The van der Waals surface area contributed by atoms with Gasteiger partial charge < -0.3 is 10.1 Å². The highest BCUT2D eigenvalue weighted by molar-refractivity contribution is 6.31.